The fraction of sp³-hybridized carbons (Fsp3) is 0.286. The molecule has 1 fully saturated rings. The molecule has 0 aromatic heterocycles. The van der Waals surface area contributed by atoms with Crippen LogP contribution in [0.1, 0.15) is 0 Å². The van der Waals surface area contributed by atoms with Gasteiger partial charge in [0, 0.05) is 24.0 Å². The maximum atomic E-state index is 12.1. The lowest BCUT2D eigenvalue weighted by Gasteiger charge is -2.18. The first-order valence-corrected chi connectivity index (χ1v) is 6.58. The summed E-state index contributed by atoms with van der Waals surface area (Å²) in [6.45, 7) is 5.74. The van der Waals surface area contributed by atoms with Crippen LogP contribution in [-0.2, 0) is 4.79 Å². The molecule has 2 aliphatic heterocycles. The molecule has 1 unspecified atom stereocenters. The van der Waals surface area contributed by atoms with Gasteiger partial charge in [-0.25, -0.2) is 0 Å². The van der Waals surface area contributed by atoms with Crippen LogP contribution in [0.15, 0.2) is 42.0 Å². The van der Waals surface area contributed by atoms with Crippen molar-refractivity contribution in [2.45, 2.75) is 0 Å². The number of benzene rings is 1. The van der Waals surface area contributed by atoms with E-state index in [0.29, 0.717) is 17.3 Å². The van der Waals surface area contributed by atoms with Gasteiger partial charge in [-0.1, -0.05) is 17.7 Å². The molecule has 0 N–H and O–H groups in total. The number of carbonyl (C=O) groups excluding carboxylic acids is 1. The van der Waals surface area contributed by atoms with E-state index >= 15 is 0 Å². The van der Waals surface area contributed by atoms with Crippen LogP contribution in [0.3, 0.4) is 0 Å². The van der Waals surface area contributed by atoms with Crippen LogP contribution in [0.2, 0.25) is 5.02 Å². The van der Waals surface area contributed by atoms with Crippen LogP contribution in [0.4, 0.5) is 5.69 Å². The predicted octanol–water partition coefficient (Wildman–Crippen LogP) is 2.16. The lowest BCUT2D eigenvalue weighted by molar-refractivity contribution is -0.122. The summed E-state index contributed by atoms with van der Waals surface area (Å²) in [5, 5.41) is 7.02. The number of fused-ring (bicyclic) bond motifs is 1. The molecule has 0 bridgehead atoms. The van der Waals surface area contributed by atoms with Gasteiger partial charge in [0.05, 0.1) is 12.2 Å². The summed E-state index contributed by atoms with van der Waals surface area (Å²) in [6, 6.07) is 7.49. The van der Waals surface area contributed by atoms with Crippen molar-refractivity contribution in [2.75, 3.05) is 24.6 Å². The monoisotopic (exact) mass is 275 g/mol. The third-order valence-electron chi connectivity index (χ3n) is 3.43. The van der Waals surface area contributed by atoms with E-state index in [0.717, 1.165) is 18.8 Å². The molecule has 19 heavy (non-hydrogen) atoms. The van der Waals surface area contributed by atoms with Gasteiger partial charge in [0.15, 0.2) is 0 Å². The van der Waals surface area contributed by atoms with Gasteiger partial charge in [-0.05, 0) is 24.3 Å². The van der Waals surface area contributed by atoms with E-state index in [1.54, 1.807) is 11.0 Å². The minimum absolute atomic E-state index is 0.0290. The number of halogens is 1. The molecule has 98 valence electrons. The SMILES string of the molecule is C=CCN1CC2CN(c3ccc(Cl)cc3)N=C2C1=O. The van der Waals surface area contributed by atoms with E-state index < -0.39 is 0 Å². The molecule has 2 heterocycles. The highest BCUT2D eigenvalue weighted by molar-refractivity contribution is 6.42. The number of nitrogens with zero attached hydrogens (tertiary/aromatic N) is 3. The molecule has 1 amide bonds. The lowest BCUT2D eigenvalue weighted by Crippen LogP contribution is -2.29. The molecule has 0 aliphatic carbocycles. The topological polar surface area (TPSA) is 35.9 Å². The second-order valence-electron chi connectivity index (χ2n) is 4.74. The number of hydrogen-bond acceptors (Lipinski definition) is 3. The highest BCUT2D eigenvalue weighted by Crippen LogP contribution is 2.28. The van der Waals surface area contributed by atoms with Crippen molar-refractivity contribution in [3.05, 3.63) is 41.9 Å². The number of rotatable bonds is 3. The Morgan fingerprint density at radius 1 is 1.37 bits per heavy atom. The maximum Gasteiger partial charge on any atom is 0.270 e. The number of hydrogen-bond donors (Lipinski definition) is 0. The Bertz CT molecular complexity index is 552. The second-order valence-corrected chi connectivity index (χ2v) is 5.18. The smallest absolute Gasteiger partial charge is 0.270 e. The predicted molar refractivity (Wildman–Crippen MR) is 76.5 cm³/mol. The van der Waals surface area contributed by atoms with Crippen molar-refractivity contribution in [2.24, 2.45) is 11.0 Å². The number of carbonyl (C=O) groups is 1. The van der Waals surface area contributed by atoms with Gasteiger partial charge in [-0.15, -0.1) is 6.58 Å². The van der Waals surface area contributed by atoms with Crippen molar-refractivity contribution in [1.82, 2.24) is 4.90 Å². The molecule has 5 heteroatoms. The van der Waals surface area contributed by atoms with Crippen LogP contribution in [-0.4, -0.2) is 36.2 Å². The molecule has 1 aromatic carbocycles. The maximum absolute atomic E-state index is 12.1. The van der Waals surface area contributed by atoms with Gasteiger partial charge in [0.2, 0.25) is 0 Å². The Labute approximate surface area is 116 Å². The van der Waals surface area contributed by atoms with Gasteiger partial charge < -0.3 is 4.90 Å². The first-order chi connectivity index (χ1) is 9.19. The van der Waals surface area contributed by atoms with E-state index in [4.69, 9.17) is 11.6 Å². The first-order valence-electron chi connectivity index (χ1n) is 6.21. The summed E-state index contributed by atoms with van der Waals surface area (Å²) in [6.07, 6.45) is 1.75. The summed E-state index contributed by atoms with van der Waals surface area (Å²) in [7, 11) is 0. The zero-order valence-electron chi connectivity index (χ0n) is 10.4. The number of hydrazone groups is 1. The summed E-state index contributed by atoms with van der Waals surface area (Å²) in [5.74, 6) is 0.226. The average molecular weight is 276 g/mol. The summed E-state index contributed by atoms with van der Waals surface area (Å²) in [4.78, 5) is 13.9. The minimum atomic E-state index is 0.0290. The molecular weight excluding hydrogens is 262 g/mol. The van der Waals surface area contributed by atoms with E-state index in [-0.39, 0.29) is 11.8 Å². The van der Waals surface area contributed by atoms with Crippen LogP contribution >= 0.6 is 11.6 Å². The standard InChI is InChI=1S/C14H14ClN3O/c1-2-7-17-8-10-9-18(16-13(10)14(17)19)12-5-3-11(15)4-6-12/h2-6,10H,1,7-9H2. The van der Waals surface area contributed by atoms with Crippen LogP contribution < -0.4 is 5.01 Å². The Balaban J connectivity index is 1.81. The van der Waals surface area contributed by atoms with Gasteiger partial charge >= 0.3 is 0 Å². The average Bonchev–Trinajstić information content (AvgIpc) is 2.92. The Kier molecular flexibility index (Phi) is 3.03. The third-order valence-corrected chi connectivity index (χ3v) is 3.68. The minimum Gasteiger partial charge on any atom is -0.333 e. The molecule has 0 spiro atoms. The summed E-state index contributed by atoms with van der Waals surface area (Å²) < 4.78 is 0. The van der Waals surface area contributed by atoms with Gasteiger partial charge in [0.1, 0.15) is 5.71 Å². The largest absolute Gasteiger partial charge is 0.333 e. The second kappa shape index (κ2) is 4.70. The van der Waals surface area contributed by atoms with E-state index in [1.807, 2.05) is 29.3 Å². The number of likely N-dealkylation sites (tertiary alicyclic amines) is 1. The third kappa shape index (κ3) is 2.12. The van der Waals surface area contributed by atoms with Crippen LogP contribution in [0.5, 0.6) is 0 Å². The first kappa shape index (κ1) is 12.2. The van der Waals surface area contributed by atoms with Crippen LogP contribution in [0, 0.1) is 5.92 Å². The zero-order chi connectivity index (χ0) is 13.4. The number of amides is 1. The highest BCUT2D eigenvalue weighted by atomic mass is 35.5. The van der Waals surface area contributed by atoms with Crippen molar-refractivity contribution in [3.63, 3.8) is 0 Å². The van der Waals surface area contributed by atoms with E-state index in [9.17, 15) is 4.79 Å². The Hall–Kier alpha value is -1.81. The Morgan fingerprint density at radius 2 is 2.11 bits per heavy atom. The molecule has 1 aromatic rings. The molecular formula is C14H14ClN3O. The van der Waals surface area contributed by atoms with Gasteiger partial charge in [0.25, 0.3) is 5.91 Å². The highest BCUT2D eigenvalue weighted by Gasteiger charge is 2.41. The lowest BCUT2D eigenvalue weighted by atomic mass is 10.1. The van der Waals surface area contributed by atoms with Gasteiger partial charge in [-0.3, -0.25) is 9.80 Å². The summed E-state index contributed by atoms with van der Waals surface area (Å²) in [5.41, 5.74) is 1.63. The van der Waals surface area contributed by atoms with Crippen molar-refractivity contribution < 1.29 is 4.79 Å². The van der Waals surface area contributed by atoms with Crippen molar-refractivity contribution in [1.29, 1.82) is 0 Å². The molecule has 0 saturated carbocycles. The quantitative estimate of drug-likeness (QED) is 0.793. The van der Waals surface area contributed by atoms with Crippen molar-refractivity contribution in [3.8, 4) is 0 Å². The number of anilines is 1. The van der Waals surface area contributed by atoms with Gasteiger partial charge in [-0.2, -0.15) is 5.10 Å². The molecule has 1 atom stereocenters. The van der Waals surface area contributed by atoms with E-state index in [2.05, 4.69) is 11.7 Å². The molecule has 1 saturated heterocycles. The molecule has 4 nitrogen and oxygen atoms in total. The normalized spacial score (nSPS) is 21.6. The van der Waals surface area contributed by atoms with E-state index in [1.165, 1.54) is 0 Å². The fourth-order valence-corrected chi connectivity index (χ4v) is 2.64. The zero-order valence-corrected chi connectivity index (χ0v) is 11.2. The fourth-order valence-electron chi connectivity index (χ4n) is 2.51. The molecule has 2 aliphatic rings. The molecule has 0 radical (unpaired) electrons. The van der Waals surface area contributed by atoms with Crippen LogP contribution in [0.25, 0.3) is 0 Å². The Morgan fingerprint density at radius 3 is 2.74 bits per heavy atom. The summed E-state index contributed by atoms with van der Waals surface area (Å²) >= 11 is 5.87. The molecule has 3 rings (SSSR count). The van der Waals surface area contributed by atoms with Crippen molar-refractivity contribution >= 4 is 28.9 Å².